The van der Waals surface area contributed by atoms with Crippen LogP contribution in [0.4, 0.5) is 0 Å². The van der Waals surface area contributed by atoms with Gasteiger partial charge in [0.1, 0.15) is 6.07 Å². The van der Waals surface area contributed by atoms with Gasteiger partial charge in [-0.3, -0.25) is 0 Å². The summed E-state index contributed by atoms with van der Waals surface area (Å²) in [6.07, 6.45) is 0. The highest BCUT2D eigenvalue weighted by Crippen LogP contribution is 2.29. The molecule has 0 amide bonds. The molecule has 0 aromatic heterocycles. The summed E-state index contributed by atoms with van der Waals surface area (Å²) >= 11 is 7.54. The average molecular weight is 274 g/mol. The molecule has 90 valence electrons. The number of hydrogen-bond acceptors (Lipinski definition) is 2. The van der Waals surface area contributed by atoms with Crippen LogP contribution in [0.15, 0.2) is 47.4 Å². The van der Waals surface area contributed by atoms with Crippen LogP contribution in [0.5, 0.6) is 0 Å². The largest absolute Gasteiger partial charge is 0.192 e. The number of halogens is 1. The van der Waals surface area contributed by atoms with E-state index in [0.717, 1.165) is 26.8 Å². The average Bonchev–Trinajstić information content (AvgIpc) is 2.39. The number of rotatable bonds is 3. The zero-order chi connectivity index (χ0) is 13.0. The van der Waals surface area contributed by atoms with Crippen LogP contribution < -0.4 is 0 Å². The van der Waals surface area contributed by atoms with E-state index in [1.807, 2.05) is 49.4 Å². The third-order valence-electron chi connectivity index (χ3n) is 2.63. The normalized spacial score (nSPS) is 10.1. The third-order valence-corrected chi connectivity index (χ3v) is 4.19. The van der Waals surface area contributed by atoms with Gasteiger partial charge >= 0.3 is 0 Å². The fourth-order valence-electron chi connectivity index (χ4n) is 1.67. The van der Waals surface area contributed by atoms with Crippen molar-refractivity contribution in [2.24, 2.45) is 0 Å². The van der Waals surface area contributed by atoms with Crippen LogP contribution in [0.2, 0.25) is 5.02 Å². The summed E-state index contributed by atoms with van der Waals surface area (Å²) in [6.45, 7) is 2.03. The standard InChI is InChI=1S/C15H12ClNS/c1-11-3-2-4-13(9-17)15(11)18-10-12-5-7-14(16)8-6-12/h2-8H,10H2,1H3. The first kappa shape index (κ1) is 13.0. The van der Waals surface area contributed by atoms with Gasteiger partial charge in [-0.05, 0) is 36.2 Å². The maximum absolute atomic E-state index is 9.10. The van der Waals surface area contributed by atoms with Crippen molar-refractivity contribution >= 4 is 23.4 Å². The van der Waals surface area contributed by atoms with E-state index in [4.69, 9.17) is 16.9 Å². The third kappa shape index (κ3) is 3.07. The summed E-state index contributed by atoms with van der Waals surface area (Å²) < 4.78 is 0. The van der Waals surface area contributed by atoms with E-state index in [0.29, 0.717) is 0 Å². The van der Waals surface area contributed by atoms with E-state index in [9.17, 15) is 0 Å². The Kier molecular flexibility index (Phi) is 4.30. The van der Waals surface area contributed by atoms with Crippen molar-refractivity contribution in [1.29, 1.82) is 5.26 Å². The van der Waals surface area contributed by atoms with Gasteiger partial charge in [-0.2, -0.15) is 5.26 Å². The number of thioether (sulfide) groups is 1. The van der Waals surface area contributed by atoms with Crippen molar-refractivity contribution in [3.63, 3.8) is 0 Å². The maximum Gasteiger partial charge on any atom is 0.100 e. The SMILES string of the molecule is Cc1cccc(C#N)c1SCc1ccc(Cl)cc1. The van der Waals surface area contributed by atoms with Gasteiger partial charge in [0.2, 0.25) is 0 Å². The van der Waals surface area contributed by atoms with Crippen molar-refractivity contribution in [2.45, 2.75) is 17.6 Å². The van der Waals surface area contributed by atoms with Gasteiger partial charge in [0, 0.05) is 15.7 Å². The topological polar surface area (TPSA) is 23.8 Å². The predicted molar refractivity (Wildman–Crippen MR) is 76.9 cm³/mol. The maximum atomic E-state index is 9.10. The van der Waals surface area contributed by atoms with Gasteiger partial charge in [0.25, 0.3) is 0 Å². The Morgan fingerprint density at radius 1 is 1.17 bits per heavy atom. The molecule has 0 saturated heterocycles. The molecule has 0 heterocycles. The summed E-state index contributed by atoms with van der Waals surface area (Å²) in [5.41, 5.74) is 3.10. The fraction of sp³-hybridized carbons (Fsp3) is 0.133. The van der Waals surface area contributed by atoms with Crippen LogP contribution in [0, 0.1) is 18.3 Å². The molecule has 0 aliphatic rings. The summed E-state index contributed by atoms with van der Waals surface area (Å²) in [5, 5.41) is 9.84. The molecule has 2 rings (SSSR count). The molecular weight excluding hydrogens is 262 g/mol. The van der Waals surface area contributed by atoms with Gasteiger partial charge in [0.05, 0.1) is 5.56 Å². The molecule has 0 radical (unpaired) electrons. The molecule has 0 atom stereocenters. The quantitative estimate of drug-likeness (QED) is 0.749. The lowest BCUT2D eigenvalue weighted by atomic mass is 10.1. The van der Waals surface area contributed by atoms with E-state index >= 15 is 0 Å². The van der Waals surface area contributed by atoms with Crippen molar-refractivity contribution in [3.05, 3.63) is 64.2 Å². The monoisotopic (exact) mass is 273 g/mol. The zero-order valence-corrected chi connectivity index (χ0v) is 11.6. The summed E-state index contributed by atoms with van der Waals surface area (Å²) in [4.78, 5) is 1.06. The number of hydrogen-bond donors (Lipinski definition) is 0. The minimum atomic E-state index is 0.744. The van der Waals surface area contributed by atoms with Crippen LogP contribution in [-0.4, -0.2) is 0 Å². The first-order valence-electron chi connectivity index (χ1n) is 5.57. The molecule has 0 aliphatic carbocycles. The molecule has 0 saturated carbocycles. The van der Waals surface area contributed by atoms with E-state index in [2.05, 4.69) is 6.07 Å². The molecule has 18 heavy (non-hydrogen) atoms. The minimum absolute atomic E-state index is 0.744. The highest BCUT2D eigenvalue weighted by atomic mass is 35.5. The highest BCUT2D eigenvalue weighted by molar-refractivity contribution is 7.98. The Bertz CT molecular complexity index is 584. The molecule has 3 heteroatoms. The second-order valence-electron chi connectivity index (χ2n) is 3.98. The predicted octanol–water partition coefficient (Wildman–Crippen LogP) is 4.81. The van der Waals surface area contributed by atoms with Crippen molar-refractivity contribution in [3.8, 4) is 6.07 Å². The Morgan fingerprint density at radius 3 is 2.56 bits per heavy atom. The number of nitriles is 1. The van der Waals surface area contributed by atoms with Crippen molar-refractivity contribution < 1.29 is 0 Å². The smallest absolute Gasteiger partial charge is 0.100 e. The molecule has 1 nitrogen and oxygen atoms in total. The molecule has 0 aliphatic heterocycles. The van der Waals surface area contributed by atoms with Crippen LogP contribution in [-0.2, 0) is 5.75 Å². The van der Waals surface area contributed by atoms with Crippen molar-refractivity contribution in [1.82, 2.24) is 0 Å². The van der Waals surface area contributed by atoms with Gasteiger partial charge in [0.15, 0.2) is 0 Å². The molecule has 0 bridgehead atoms. The van der Waals surface area contributed by atoms with Crippen LogP contribution in [0.25, 0.3) is 0 Å². The Balaban J connectivity index is 2.16. The fourth-order valence-corrected chi connectivity index (χ4v) is 2.86. The lowest BCUT2D eigenvalue weighted by molar-refractivity contribution is 1.25. The van der Waals surface area contributed by atoms with E-state index in [1.165, 1.54) is 5.56 Å². The number of benzene rings is 2. The highest BCUT2D eigenvalue weighted by Gasteiger charge is 2.06. The molecule has 2 aromatic rings. The van der Waals surface area contributed by atoms with E-state index in [-0.39, 0.29) is 0 Å². The Morgan fingerprint density at radius 2 is 1.89 bits per heavy atom. The molecular formula is C15H12ClNS. The minimum Gasteiger partial charge on any atom is -0.192 e. The van der Waals surface area contributed by atoms with Gasteiger partial charge in [-0.15, -0.1) is 11.8 Å². The summed E-state index contributed by atoms with van der Waals surface area (Å²) in [5.74, 6) is 0.844. The van der Waals surface area contributed by atoms with Crippen LogP contribution >= 0.6 is 23.4 Å². The molecule has 2 aromatic carbocycles. The molecule has 0 unspecified atom stereocenters. The summed E-state index contributed by atoms with van der Waals surface area (Å²) in [6, 6.07) is 15.9. The Hall–Kier alpha value is -1.43. The second-order valence-corrected chi connectivity index (χ2v) is 5.40. The summed E-state index contributed by atoms with van der Waals surface area (Å²) in [7, 11) is 0. The second kappa shape index (κ2) is 5.95. The van der Waals surface area contributed by atoms with Crippen molar-refractivity contribution in [2.75, 3.05) is 0 Å². The van der Waals surface area contributed by atoms with Gasteiger partial charge in [-0.1, -0.05) is 35.9 Å². The molecule has 0 fully saturated rings. The first-order valence-corrected chi connectivity index (χ1v) is 6.94. The molecule has 0 spiro atoms. The van der Waals surface area contributed by atoms with Crippen LogP contribution in [0.1, 0.15) is 16.7 Å². The van der Waals surface area contributed by atoms with Crippen LogP contribution in [0.3, 0.4) is 0 Å². The van der Waals surface area contributed by atoms with E-state index in [1.54, 1.807) is 11.8 Å². The Labute approximate surface area is 116 Å². The first-order chi connectivity index (χ1) is 8.70. The lowest BCUT2D eigenvalue weighted by Gasteiger charge is -2.07. The molecule has 0 N–H and O–H groups in total. The lowest BCUT2D eigenvalue weighted by Crippen LogP contribution is -1.87. The van der Waals surface area contributed by atoms with E-state index < -0.39 is 0 Å². The number of nitrogens with zero attached hydrogens (tertiary/aromatic N) is 1. The van der Waals surface area contributed by atoms with Gasteiger partial charge < -0.3 is 0 Å². The zero-order valence-electron chi connectivity index (χ0n) is 9.98. The number of aryl methyl sites for hydroxylation is 1. The van der Waals surface area contributed by atoms with Gasteiger partial charge in [-0.25, -0.2) is 0 Å².